The number of carbonyl (C=O) groups is 5. The highest BCUT2D eigenvalue weighted by molar-refractivity contribution is 6.38. The number of esters is 1. The second kappa shape index (κ2) is 30.6. The Hall–Kier alpha value is -4.09. The molecule has 1 aromatic carbocycles. The number of carbonyl (C=O) groups excluding carboxylic acids is 5. The van der Waals surface area contributed by atoms with Crippen molar-refractivity contribution in [3.8, 4) is 0 Å². The van der Waals surface area contributed by atoms with Crippen LogP contribution in [0.4, 0.5) is 5.69 Å². The van der Waals surface area contributed by atoms with Crippen molar-refractivity contribution in [1.82, 2.24) is 4.90 Å². The molecule has 2 N–H and O–H groups in total. The van der Waals surface area contributed by atoms with Gasteiger partial charge in [0.05, 0.1) is 36.1 Å². The predicted octanol–water partition coefficient (Wildman–Crippen LogP) is 8.91. The van der Waals surface area contributed by atoms with Gasteiger partial charge in [-0.3, -0.25) is 24.0 Å². The molecule has 0 spiro atoms. The predicted molar refractivity (Wildman–Crippen MR) is 286 cm³/mol. The molecule has 0 radical (unpaired) electrons. The second-order valence-electron chi connectivity index (χ2n) is 21.2. The number of ether oxygens (including phenoxy) is 5. The molecule has 16 atom stereocenters. The van der Waals surface area contributed by atoms with Gasteiger partial charge in [-0.1, -0.05) is 91.3 Å². The van der Waals surface area contributed by atoms with E-state index < -0.39 is 66.1 Å². The number of allylic oxidation sites excluding steroid dienone is 1. The Morgan fingerprint density at radius 2 is 1.46 bits per heavy atom. The quantitative estimate of drug-likeness (QED) is 0.162. The molecule has 1 saturated carbocycles. The highest BCUT2D eigenvalue weighted by atomic mass is 16.7. The molecule has 0 aromatic heterocycles. The van der Waals surface area contributed by atoms with E-state index in [-0.39, 0.29) is 66.8 Å². The number of methoxy groups -OCH3 is 3. The van der Waals surface area contributed by atoms with Crippen LogP contribution in [0.25, 0.3) is 0 Å². The summed E-state index contributed by atoms with van der Waals surface area (Å²) < 4.78 is 28.9. The number of hydrogen-bond acceptors (Lipinski definition) is 14. The number of nitrogens with zero attached hydrogens (tertiary/aromatic N) is 2. The molecule has 15 nitrogen and oxygen atoms in total. The number of fused-ring (bicyclic) bond motifs is 16. The summed E-state index contributed by atoms with van der Waals surface area (Å²) in [4.78, 5) is 76.8. The fourth-order valence-electron chi connectivity index (χ4n) is 11.0. The normalized spacial score (nSPS) is 36.9. The van der Waals surface area contributed by atoms with Crippen LogP contribution in [0, 0.1) is 29.6 Å². The van der Waals surface area contributed by atoms with Gasteiger partial charge in [0.25, 0.3) is 5.91 Å². The number of ketones is 3. The van der Waals surface area contributed by atoms with Gasteiger partial charge in [-0.2, -0.15) is 0 Å². The van der Waals surface area contributed by atoms with E-state index in [0.717, 1.165) is 36.4 Å². The molecule has 6 aliphatic rings. The minimum Gasteiger partial charge on any atom is -0.461 e. The van der Waals surface area contributed by atoms with Crippen LogP contribution in [-0.4, -0.2) is 139 Å². The number of para-hydroxylation sites is 1. The average Bonchev–Trinajstić information content (AvgIpc) is 3.40. The first kappa shape index (κ1) is 62.4. The molecule has 2 saturated heterocycles. The Morgan fingerprint density at radius 3 is 2.11 bits per heavy atom. The van der Waals surface area contributed by atoms with E-state index in [4.69, 9.17) is 28.5 Å². The molecule has 1 aliphatic carbocycles. The number of aliphatic hydroxyl groups is 2. The summed E-state index contributed by atoms with van der Waals surface area (Å²) in [7, 11) is 4.71. The highest BCUT2D eigenvalue weighted by Crippen LogP contribution is 2.34. The van der Waals surface area contributed by atoms with E-state index in [1.54, 1.807) is 41.1 Å². The zero-order valence-electron chi connectivity index (χ0n) is 46.9. The number of benzene rings is 1. The third-order valence-electron chi connectivity index (χ3n) is 15.7. The van der Waals surface area contributed by atoms with Crippen molar-refractivity contribution in [2.45, 2.75) is 213 Å². The third kappa shape index (κ3) is 17.0. The minimum absolute atomic E-state index is 0.0710. The maximum absolute atomic E-state index is 14.0. The zero-order valence-corrected chi connectivity index (χ0v) is 46.9. The second-order valence-corrected chi connectivity index (χ2v) is 21.2. The summed E-state index contributed by atoms with van der Waals surface area (Å²) in [6.07, 6.45) is 10.3. The molecule has 5 aliphatic heterocycles. The van der Waals surface area contributed by atoms with Crippen molar-refractivity contribution in [3.63, 3.8) is 0 Å². The van der Waals surface area contributed by atoms with Gasteiger partial charge in [-0.25, -0.2) is 9.86 Å². The van der Waals surface area contributed by atoms with Crippen LogP contribution < -0.4 is 5.06 Å². The first-order chi connectivity index (χ1) is 35.3. The Labute approximate surface area is 442 Å². The standard InChI is InChI=1S/C48H68N2O11.C9H18O2.C2H6/c1-28-18-19-36-27-41(57-8)31(4)25-37-20-21-38(50(61-37)35-15-11-10-12-16-35)29(2)23-32(5)42(52)46(58-9)43(53)33(6)24-30(3)40(51)26-34(7)59-48(56)39-17-13-14-22-49(39)47(55)44(54)45(28)60-36;1-3-7-4-5-8(10)9(6-7)11-2;1-2/h10-12,15-16,20-21,24-25,28-30,32,34,36-39,41,43,45-46,53H,13-14,17-19,22-23,26-27H2,1-9H3;7-10H,3-6H2,1-2H3;1-2H3/b31-25+,33-24+;;. The Balaban J connectivity index is 0.000000799. The topological polar surface area (TPSA) is 188 Å². The largest absolute Gasteiger partial charge is 0.461 e. The molecule has 74 heavy (non-hydrogen) atoms. The first-order valence-corrected chi connectivity index (χ1v) is 27.6. The number of anilines is 1. The van der Waals surface area contributed by atoms with Gasteiger partial charge in [0.2, 0.25) is 5.78 Å². The lowest BCUT2D eigenvalue weighted by atomic mass is 9.84. The molecular weight excluding hydrogens is 945 g/mol. The van der Waals surface area contributed by atoms with Crippen LogP contribution in [0.15, 0.2) is 65.8 Å². The van der Waals surface area contributed by atoms with E-state index in [2.05, 4.69) is 19.9 Å². The fraction of sp³-hybridized carbons (Fsp3) is 0.712. The number of hydroxylamine groups is 1. The Morgan fingerprint density at radius 1 is 0.757 bits per heavy atom. The van der Waals surface area contributed by atoms with Crippen molar-refractivity contribution in [1.29, 1.82) is 0 Å². The Bertz CT molecular complexity index is 2040. The summed E-state index contributed by atoms with van der Waals surface area (Å²) in [6, 6.07) is 8.58. The molecule has 16 unspecified atom stereocenters. The van der Waals surface area contributed by atoms with Crippen molar-refractivity contribution in [2.75, 3.05) is 32.9 Å². The minimum atomic E-state index is -1.30. The van der Waals surface area contributed by atoms with Gasteiger partial charge in [0, 0.05) is 52.6 Å². The molecule has 4 bridgehead atoms. The van der Waals surface area contributed by atoms with Crippen LogP contribution in [0.3, 0.4) is 0 Å². The molecule has 5 heterocycles. The van der Waals surface area contributed by atoms with Crippen LogP contribution in [0.1, 0.15) is 146 Å². The third-order valence-corrected chi connectivity index (χ3v) is 15.7. The molecule has 7 rings (SSSR count). The number of aliphatic hydroxyl groups excluding tert-OH is 2. The molecule has 3 fully saturated rings. The zero-order chi connectivity index (χ0) is 54.8. The van der Waals surface area contributed by atoms with E-state index in [9.17, 15) is 34.2 Å². The molecule has 15 heteroatoms. The summed E-state index contributed by atoms with van der Waals surface area (Å²) in [5.74, 6) is -3.28. The molecular formula is C59H92N2O13. The van der Waals surface area contributed by atoms with Crippen LogP contribution in [0.2, 0.25) is 0 Å². The van der Waals surface area contributed by atoms with E-state index in [1.165, 1.54) is 18.4 Å². The van der Waals surface area contributed by atoms with Crippen LogP contribution in [-0.2, 0) is 52.5 Å². The number of Topliss-reactive ketones (excluding diaryl/α,β-unsaturated/α-hetero) is 3. The van der Waals surface area contributed by atoms with E-state index in [1.807, 2.05) is 82.2 Å². The lowest BCUT2D eigenvalue weighted by Gasteiger charge is -2.40. The average molecular weight is 1040 g/mol. The van der Waals surface area contributed by atoms with E-state index in [0.29, 0.717) is 50.5 Å². The molecule has 1 amide bonds. The van der Waals surface area contributed by atoms with Crippen molar-refractivity contribution < 1.29 is 62.7 Å². The summed E-state index contributed by atoms with van der Waals surface area (Å²) in [5.41, 5.74) is 2.17. The maximum atomic E-state index is 14.0. The number of amides is 1. The van der Waals surface area contributed by atoms with Crippen molar-refractivity contribution in [3.05, 3.63) is 65.8 Å². The van der Waals surface area contributed by atoms with E-state index >= 15 is 0 Å². The van der Waals surface area contributed by atoms with Gasteiger partial charge in [0.15, 0.2) is 5.78 Å². The number of piperidine rings is 1. The molecule has 416 valence electrons. The van der Waals surface area contributed by atoms with Gasteiger partial charge in [0.1, 0.15) is 42.3 Å². The summed E-state index contributed by atoms with van der Waals surface area (Å²) >= 11 is 0. The van der Waals surface area contributed by atoms with Gasteiger partial charge in [-0.05, 0) is 126 Å². The smallest absolute Gasteiger partial charge is 0.329 e. The van der Waals surface area contributed by atoms with Gasteiger partial charge in [-0.15, -0.1) is 0 Å². The number of hydrogen-bond donors (Lipinski definition) is 2. The lowest BCUT2D eigenvalue weighted by Crippen LogP contribution is -2.55. The van der Waals surface area contributed by atoms with Crippen LogP contribution in [0.5, 0.6) is 0 Å². The SMILES string of the molecule is CC.CCC1CCC(O)C(OC)C1.COC1CC2CCC(C)C(O2)C(=O)C(=O)N2CCCCC2C(=O)OC(C)CC(=O)C(C)/C=C(\C)C(O)C(OC)C(=O)C(C)CC(C)C2C=CC(/C=C/1C)ON2c1ccccc1. The maximum Gasteiger partial charge on any atom is 0.329 e. The molecule has 1 aromatic rings. The Kier molecular flexibility index (Phi) is 25.8. The lowest BCUT2D eigenvalue weighted by molar-refractivity contribution is -0.168. The van der Waals surface area contributed by atoms with Gasteiger partial charge < -0.3 is 38.8 Å². The highest BCUT2D eigenvalue weighted by Gasteiger charge is 2.44. The summed E-state index contributed by atoms with van der Waals surface area (Å²) in [5, 5.41) is 22.7. The fourth-order valence-corrected chi connectivity index (χ4v) is 11.0. The van der Waals surface area contributed by atoms with Crippen molar-refractivity contribution >= 4 is 34.9 Å². The van der Waals surface area contributed by atoms with Crippen LogP contribution >= 0.6 is 0 Å². The summed E-state index contributed by atoms with van der Waals surface area (Å²) in [6.45, 7) is 19.2. The number of rotatable bonds is 5. The monoisotopic (exact) mass is 1040 g/mol. The van der Waals surface area contributed by atoms with Gasteiger partial charge >= 0.3 is 5.97 Å². The van der Waals surface area contributed by atoms with Crippen molar-refractivity contribution in [2.24, 2.45) is 29.6 Å². The first-order valence-electron chi connectivity index (χ1n) is 27.6.